The van der Waals surface area contributed by atoms with Crippen LogP contribution in [-0.4, -0.2) is 75.2 Å². The maximum Gasteiger partial charge on any atom is 0.236 e. The van der Waals surface area contributed by atoms with Crippen LogP contribution >= 0.6 is 0 Å². The lowest BCUT2D eigenvalue weighted by atomic mass is 9.67. The lowest BCUT2D eigenvalue weighted by Gasteiger charge is -2.43. The van der Waals surface area contributed by atoms with Crippen LogP contribution in [0.15, 0.2) is 66.7 Å². The number of halogens is 1. The summed E-state index contributed by atoms with van der Waals surface area (Å²) in [6, 6.07) is 18.4. The van der Waals surface area contributed by atoms with Crippen molar-refractivity contribution in [1.29, 1.82) is 0 Å². The number of hydrogen-bond donors (Lipinski definition) is 0. The second kappa shape index (κ2) is 12.4. The number of ketones is 2. The molecule has 0 unspecified atom stereocenters. The van der Waals surface area contributed by atoms with E-state index in [1.54, 1.807) is 91.5 Å². The Kier molecular flexibility index (Phi) is 9.00. The van der Waals surface area contributed by atoms with Gasteiger partial charge in [-0.15, -0.1) is 0 Å². The van der Waals surface area contributed by atoms with Crippen LogP contribution in [0.5, 0.6) is 11.5 Å². The van der Waals surface area contributed by atoms with Gasteiger partial charge in [0.15, 0.2) is 11.6 Å². The molecule has 0 aliphatic carbocycles. The van der Waals surface area contributed by atoms with E-state index >= 15 is 0 Å². The fourth-order valence-electron chi connectivity index (χ4n) is 5.52. The first-order valence-electron chi connectivity index (χ1n) is 13.2. The summed E-state index contributed by atoms with van der Waals surface area (Å²) in [5.74, 6) is -2.31. The predicted molar refractivity (Wildman–Crippen MR) is 151 cm³/mol. The van der Waals surface area contributed by atoms with Crippen molar-refractivity contribution in [2.45, 2.75) is 12.8 Å². The number of methoxy groups -OCH3 is 2. The first kappa shape index (κ1) is 29.0. The van der Waals surface area contributed by atoms with Gasteiger partial charge in [-0.1, -0.05) is 36.4 Å². The molecule has 3 aromatic rings. The Bertz CT molecular complexity index is 1340. The van der Waals surface area contributed by atoms with Crippen LogP contribution < -0.4 is 9.47 Å². The van der Waals surface area contributed by atoms with Crippen molar-refractivity contribution in [3.05, 3.63) is 94.8 Å². The van der Waals surface area contributed by atoms with Crippen LogP contribution in [0.4, 0.5) is 4.39 Å². The lowest BCUT2D eigenvalue weighted by molar-refractivity contribution is -0.134. The van der Waals surface area contributed by atoms with Gasteiger partial charge in [0.2, 0.25) is 5.91 Å². The molecule has 1 amide bonds. The molecule has 210 valence electrons. The van der Waals surface area contributed by atoms with Gasteiger partial charge < -0.3 is 19.3 Å². The Balaban J connectivity index is 1.89. The molecule has 0 N–H and O–H groups in total. The highest BCUT2D eigenvalue weighted by Gasteiger charge is 2.46. The van der Waals surface area contributed by atoms with E-state index < -0.39 is 23.6 Å². The highest BCUT2D eigenvalue weighted by Crippen LogP contribution is 2.43. The van der Waals surface area contributed by atoms with Gasteiger partial charge in [0.05, 0.1) is 20.8 Å². The summed E-state index contributed by atoms with van der Waals surface area (Å²) < 4.78 is 25.6. The van der Waals surface area contributed by atoms with E-state index in [1.807, 2.05) is 0 Å². The molecule has 1 aliphatic heterocycles. The predicted octanol–water partition coefficient (Wildman–Crippen LogP) is 4.64. The maximum absolute atomic E-state index is 14.9. The van der Waals surface area contributed by atoms with Crippen LogP contribution in [0.3, 0.4) is 0 Å². The molecular weight excluding hydrogens is 511 g/mol. The third-order valence-electron chi connectivity index (χ3n) is 7.56. The number of likely N-dealkylation sites (N-methyl/N-ethyl adjacent to an activating group) is 1. The van der Waals surface area contributed by atoms with E-state index in [2.05, 4.69) is 0 Å². The number of carbonyl (C=O) groups excluding carboxylic acids is 3. The molecule has 3 aromatic carbocycles. The summed E-state index contributed by atoms with van der Waals surface area (Å²) >= 11 is 0. The zero-order valence-corrected chi connectivity index (χ0v) is 23.5. The zero-order chi connectivity index (χ0) is 29.0. The first-order chi connectivity index (χ1) is 19.1. The normalized spacial score (nSPS) is 17.5. The van der Waals surface area contributed by atoms with Gasteiger partial charge in [-0.05, 0) is 62.5 Å². The summed E-state index contributed by atoms with van der Waals surface area (Å²) in [6.07, 6.45) is 0. The Morgan fingerprint density at radius 1 is 0.850 bits per heavy atom. The molecule has 40 heavy (non-hydrogen) atoms. The van der Waals surface area contributed by atoms with Gasteiger partial charge in [0.25, 0.3) is 0 Å². The van der Waals surface area contributed by atoms with Gasteiger partial charge >= 0.3 is 0 Å². The largest absolute Gasteiger partial charge is 0.497 e. The van der Waals surface area contributed by atoms with Gasteiger partial charge in [-0.25, -0.2) is 4.39 Å². The van der Waals surface area contributed by atoms with E-state index in [1.165, 1.54) is 20.3 Å². The second-order valence-electron chi connectivity index (χ2n) is 10.4. The number of nitrogens with zero attached hydrogens (tertiary/aromatic N) is 2. The quantitative estimate of drug-likeness (QED) is 0.364. The molecule has 0 bridgehead atoms. The van der Waals surface area contributed by atoms with Gasteiger partial charge in [-0.2, -0.15) is 0 Å². The minimum atomic E-state index is -0.799. The molecular formula is C32H35FN2O5. The average Bonchev–Trinajstić information content (AvgIpc) is 2.97. The number of rotatable bonds is 9. The molecule has 0 radical (unpaired) electrons. The zero-order valence-electron chi connectivity index (χ0n) is 23.5. The van der Waals surface area contributed by atoms with E-state index in [0.29, 0.717) is 33.8 Å². The molecule has 2 atom stereocenters. The number of Topliss-reactive ketones (excluding diaryl/α,β-unsaturated/α-hetero) is 2. The van der Waals surface area contributed by atoms with Crippen molar-refractivity contribution < 1.29 is 28.2 Å². The van der Waals surface area contributed by atoms with Crippen LogP contribution in [0.1, 0.15) is 37.8 Å². The number of carbonyl (C=O) groups is 3. The number of ether oxygens (including phenoxy) is 2. The summed E-state index contributed by atoms with van der Waals surface area (Å²) in [6.45, 7) is 1.99. The van der Waals surface area contributed by atoms with Crippen molar-refractivity contribution in [3.8, 4) is 11.5 Å². The van der Waals surface area contributed by atoms with Crippen LogP contribution in [-0.2, 0) is 4.79 Å². The third-order valence-corrected chi connectivity index (χ3v) is 7.56. The molecule has 0 saturated carbocycles. The van der Waals surface area contributed by atoms with Gasteiger partial charge in [-0.3, -0.25) is 14.4 Å². The number of amides is 1. The topological polar surface area (TPSA) is 76.2 Å². The average molecular weight is 547 g/mol. The standard InChI is InChI=1S/C32H35FN2O5/c1-20-25(13-8-14-28(20)33)30-26(31(37)21-9-6-11-23(15-21)39-4)17-35(29(36)19-34(2)3)18-27(30)32(38)22-10-7-12-24(16-22)40-5/h6-16,26-27,30H,17-19H2,1-5H3/t26-,27-/m0/s1. The Morgan fingerprint density at radius 2 is 1.35 bits per heavy atom. The van der Waals surface area contributed by atoms with E-state index in [-0.39, 0.29) is 37.1 Å². The molecule has 1 heterocycles. The maximum atomic E-state index is 14.9. The molecule has 1 fully saturated rings. The third kappa shape index (κ3) is 6.07. The van der Waals surface area contributed by atoms with E-state index in [4.69, 9.17) is 9.47 Å². The Labute approximate surface area is 234 Å². The monoisotopic (exact) mass is 546 g/mol. The lowest BCUT2D eigenvalue weighted by Crippen LogP contribution is -2.54. The fraction of sp³-hybridized carbons (Fsp3) is 0.344. The van der Waals surface area contributed by atoms with Crippen molar-refractivity contribution in [2.75, 3.05) is 47.9 Å². The van der Waals surface area contributed by atoms with Crippen molar-refractivity contribution in [1.82, 2.24) is 9.80 Å². The van der Waals surface area contributed by atoms with E-state index in [0.717, 1.165) is 0 Å². The number of benzene rings is 3. The highest BCUT2D eigenvalue weighted by atomic mass is 19.1. The minimum absolute atomic E-state index is 0.102. The summed E-state index contributed by atoms with van der Waals surface area (Å²) in [4.78, 5) is 45.1. The number of hydrogen-bond acceptors (Lipinski definition) is 6. The van der Waals surface area contributed by atoms with Crippen LogP contribution in [0, 0.1) is 24.6 Å². The molecule has 1 aliphatic rings. The van der Waals surface area contributed by atoms with Crippen molar-refractivity contribution >= 4 is 17.5 Å². The molecule has 4 rings (SSSR count). The van der Waals surface area contributed by atoms with Gasteiger partial charge in [0, 0.05) is 42.0 Å². The van der Waals surface area contributed by atoms with Gasteiger partial charge in [0.1, 0.15) is 17.3 Å². The molecule has 8 heteroatoms. The summed E-state index contributed by atoms with van der Waals surface area (Å²) in [5.41, 5.74) is 1.77. The minimum Gasteiger partial charge on any atom is -0.497 e. The SMILES string of the molecule is COc1cccc(C(=O)[C@H]2CN(C(=O)CN(C)C)C[C@H](C(=O)c3cccc(OC)c3)C2c2cccc(F)c2C)c1. The van der Waals surface area contributed by atoms with Crippen molar-refractivity contribution in [3.63, 3.8) is 0 Å². The number of piperidine rings is 1. The summed E-state index contributed by atoms with van der Waals surface area (Å²) in [5, 5.41) is 0. The Hall–Kier alpha value is -4.04. The number of likely N-dealkylation sites (tertiary alicyclic amines) is 1. The fourth-order valence-corrected chi connectivity index (χ4v) is 5.52. The molecule has 1 saturated heterocycles. The molecule has 0 aromatic heterocycles. The molecule has 7 nitrogen and oxygen atoms in total. The Morgan fingerprint density at radius 3 is 1.82 bits per heavy atom. The second-order valence-corrected chi connectivity index (χ2v) is 10.4. The van der Waals surface area contributed by atoms with Crippen LogP contribution in [0.25, 0.3) is 0 Å². The van der Waals surface area contributed by atoms with Crippen molar-refractivity contribution in [2.24, 2.45) is 11.8 Å². The van der Waals surface area contributed by atoms with E-state index in [9.17, 15) is 18.8 Å². The molecule has 0 spiro atoms. The first-order valence-corrected chi connectivity index (χ1v) is 13.2. The highest BCUT2D eigenvalue weighted by molar-refractivity contribution is 6.03. The summed E-state index contributed by atoms with van der Waals surface area (Å²) in [7, 11) is 6.62. The van der Waals surface area contributed by atoms with Crippen LogP contribution in [0.2, 0.25) is 0 Å². The smallest absolute Gasteiger partial charge is 0.236 e.